The zero-order valence-electron chi connectivity index (χ0n) is 12.7. The predicted octanol–water partition coefficient (Wildman–Crippen LogP) is 0.972. The topological polar surface area (TPSA) is 86.7 Å². The van der Waals surface area contributed by atoms with Crippen molar-refractivity contribution in [2.24, 2.45) is 0 Å². The molecule has 1 aliphatic rings. The molecule has 0 spiro atoms. The first-order valence-electron chi connectivity index (χ1n) is 7.48. The molecule has 1 atom stereocenters. The number of hydrogen-bond acceptors (Lipinski definition) is 4. The van der Waals surface area contributed by atoms with Crippen molar-refractivity contribution in [2.45, 2.75) is 37.1 Å². The van der Waals surface area contributed by atoms with E-state index in [1.165, 1.54) is 28.6 Å². The number of nitrogens with one attached hydrogen (secondary N) is 1. The maximum atomic E-state index is 12.6. The molecule has 1 aromatic carbocycles. The summed E-state index contributed by atoms with van der Waals surface area (Å²) in [5, 5.41) is 11.2. The average molecular weight is 326 g/mol. The highest BCUT2D eigenvalue weighted by Gasteiger charge is 2.30. The largest absolute Gasteiger partial charge is 0.395 e. The summed E-state index contributed by atoms with van der Waals surface area (Å²) in [5.74, 6) is -0.329. The van der Waals surface area contributed by atoms with Gasteiger partial charge in [0, 0.05) is 24.7 Å². The molecule has 1 heterocycles. The minimum atomic E-state index is -3.51. The van der Waals surface area contributed by atoms with E-state index in [0.29, 0.717) is 12.1 Å². The van der Waals surface area contributed by atoms with Crippen molar-refractivity contribution in [3.05, 3.63) is 29.8 Å². The van der Waals surface area contributed by atoms with Gasteiger partial charge in [-0.25, -0.2) is 8.42 Å². The molecular formula is C15H22N2O4S. The van der Waals surface area contributed by atoms with Gasteiger partial charge < -0.3 is 10.4 Å². The van der Waals surface area contributed by atoms with Crippen LogP contribution in [0, 0.1) is 0 Å². The van der Waals surface area contributed by atoms with Crippen molar-refractivity contribution in [1.29, 1.82) is 0 Å². The second kappa shape index (κ2) is 7.21. The lowest BCUT2D eigenvalue weighted by molar-refractivity contribution is 0.0944. The van der Waals surface area contributed by atoms with Crippen LogP contribution in [0.3, 0.4) is 0 Å². The summed E-state index contributed by atoms with van der Waals surface area (Å²) in [4.78, 5) is 11.9. The van der Waals surface area contributed by atoms with Crippen molar-refractivity contribution in [2.75, 3.05) is 19.7 Å². The highest BCUT2D eigenvalue weighted by Crippen LogP contribution is 2.25. The van der Waals surface area contributed by atoms with Crippen LogP contribution >= 0.6 is 0 Å². The Kier molecular flexibility index (Phi) is 5.55. The molecule has 0 bridgehead atoms. The number of carbonyl (C=O) groups excluding carboxylic acids is 1. The summed E-state index contributed by atoms with van der Waals surface area (Å²) in [7, 11) is -3.51. The maximum absolute atomic E-state index is 12.6. The molecule has 1 unspecified atom stereocenters. The van der Waals surface area contributed by atoms with Crippen molar-refractivity contribution in [3.63, 3.8) is 0 Å². The molecule has 1 amide bonds. The number of sulfonamides is 1. The van der Waals surface area contributed by atoms with Gasteiger partial charge in [-0.2, -0.15) is 4.31 Å². The van der Waals surface area contributed by atoms with Crippen LogP contribution in [-0.4, -0.2) is 49.5 Å². The zero-order chi connectivity index (χ0) is 16.2. The predicted molar refractivity (Wildman–Crippen MR) is 83.1 cm³/mol. The van der Waals surface area contributed by atoms with E-state index >= 15 is 0 Å². The fourth-order valence-corrected chi connectivity index (χ4v) is 4.31. The molecule has 7 heteroatoms. The fraction of sp³-hybridized carbons (Fsp3) is 0.533. The van der Waals surface area contributed by atoms with Gasteiger partial charge in [-0.15, -0.1) is 0 Å². The monoisotopic (exact) mass is 326 g/mol. The quantitative estimate of drug-likeness (QED) is 0.844. The number of hydrogen-bond donors (Lipinski definition) is 2. The number of nitrogens with zero attached hydrogens (tertiary/aromatic N) is 1. The number of piperidine rings is 1. The molecule has 122 valence electrons. The van der Waals surface area contributed by atoms with Gasteiger partial charge in [0.15, 0.2) is 0 Å². The van der Waals surface area contributed by atoms with Crippen molar-refractivity contribution in [3.8, 4) is 0 Å². The molecular weight excluding hydrogens is 304 g/mol. The van der Waals surface area contributed by atoms with E-state index in [1.807, 2.05) is 6.92 Å². The van der Waals surface area contributed by atoms with Crippen molar-refractivity contribution in [1.82, 2.24) is 9.62 Å². The molecule has 1 saturated heterocycles. The molecule has 0 radical (unpaired) electrons. The number of aliphatic hydroxyl groups excluding tert-OH is 1. The number of rotatable bonds is 5. The summed E-state index contributed by atoms with van der Waals surface area (Å²) in [5.41, 5.74) is 0.374. The van der Waals surface area contributed by atoms with Gasteiger partial charge in [-0.05, 0) is 44.0 Å². The van der Waals surface area contributed by atoms with Crippen LogP contribution in [0.15, 0.2) is 29.2 Å². The molecule has 0 aromatic heterocycles. The first-order chi connectivity index (χ1) is 10.5. The molecule has 1 aliphatic heterocycles. The van der Waals surface area contributed by atoms with E-state index < -0.39 is 10.0 Å². The Morgan fingerprint density at radius 3 is 2.59 bits per heavy atom. The first-order valence-corrected chi connectivity index (χ1v) is 8.92. The highest BCUT2D eigenvalue weighted by molar-refractivity contribution is 7.89. The Balaban J connectivity index is 2.16. The molecule has 2 N–H and O–H groups in total. The van der Waals surface area contributed by atoms with Crippen LogP contribution in [0.1, 0.15) is 36.5 Å². The van der Waals surface area contributed by atoms with E-state index in [-0.39, 0.29) is 30.0 Å². The molecule has 2 rings (SSSR count). The Hall–Kier alpha value is -1.44. The standard InChI is InChI=1S/C15H22N2O4S/c1-12-4-2-3-10-17(12)22(20,21)14-7-5-13(6-8-14)15(19)16-9-11-18/h5-8,12,18H,2-4,9-11H2,1H3,(H,16,19). The van der Waals surface area contributed by atoms with Gasteiger partial charge in [-0.3, -0.25) is 4.79 Å². The van der Waals surface area contributed by atoms with Crippen LogP contribution in [-0.2, 0) is 10.0 Å². The number of amides is 1. The first kappa shape index (κ1) is 16.9. The van der Waals surface area contributed by atoms with E-state index in [0.717, 1.165) is 19.3 Å². The van der Waals surface area contributed by atoms with E-state index in [4.69, 9.17) is 5.11 Å². The minimum Gasteiger partial charge on any atom is -0.395 e. The third kappa shape index (κ3) is 3.66. The Bertz CT molecular complexity index is 613. The van der Waals surface area contributed by atoms with E-state index in [2.05, 4.69) is 5.32 Å². The minimum absolute atomic E-state index is 0.00581. The smallest absolute Gasteiger partial charge is 0.251 e. The third-order valence-electron chi connectivity index (χ3n) is 3.86. The summed E-state index contributed by atoms with van der Waals surface area (Å²) >= 11 is 0. The lowest BCUT2D eigenvalue weighted by atomic mass is 10.1. The molecule has 22 heavy (non-hydrogen) atoms. The second-order valence-corrected chi connectivity index (χ2v) is 7.35. The summed E-state index contributed by atoms with van der Waals surface area (Å²) in [6.45, 7) is 2.50. The van der Waals surface area contributed by atoms with Gasteiger partial charge in [-0.1, -0.05) is 6.42 Å². The number of benzene rings is 1. The second-order valence-electron chi connectivity index (χ2n) is 5.46. The van der Waals surface area contributed by atoms with Gasteiger partial charge in [0.1, 0.15) is 0 Å². The highest BCUT2D eigenvalue weighted by atomic mass is 32.2. The lowest BCUT2D eigenvalue weighted by Crippen LogP contribution is -2.41. The third-order valence-corrected chi connectivity index (χ3v) is 5.89. The normalized spacial score (nSPS) is 19.8. The van der Waals surface area contributed by atoms with Crippen LogP contribution in [0.5, 0.6) is 0 Å². The number of carbonyl (C=O) groups is 1. The van der Waals surface area contributed by atoms with Crippen LogP contribution in [0.25, 0.3) is 0 Å². The van der Waals surface area contributed by atoms with Crippen molar-refractivity contribution < 1.29 is 18.3 Å². The average Bonchev–Trinajstić information content (AvgIpc) is 2.53. The van der Waals surface area contributed by atoms with Crippen molar-refractivity contribution >= 4 is 15.9 Å². The molecule has 0 aliphatic carbocycles. The summed E-state index contributed by atoms with van der Waals surface area (Å²) in [6, 6.07) is 5.92. The fourth-order valence-electron chi connectivity index (χ4n) is 2.61. The Morgan fingerprint density at radius 2 is 2.00 bits per heavy atom. The van der Waals surface area contributed by atoms with Gasteiger partial charge in [0.25, 0.3) is 5.91 Å². The van der Waals surface area contributed by atoms with Crippen LogP contribution < -0.4 is 5.32 Å². The van der Waals surface area contributed by atoms with E-state index in [9.17, 15) is 13.2 Å². The summed E-state index contributed by atoms with van der Waals surface area (Å²) < 4.78 is 26.8. The summed E-state index contributed by atoms with van der Waals surface area (Å²) in [6.07, 6.45) is 2.81. The molecule has 1 fully saturated rings. The van der Waals surface area contributed by atoms with Crippen LogP contribution in [0.4, 0.5) is 0 Å². The SMILES string of the molecule is CC1CCCCN1S(=O)(=O)c1ccc(C(=O)NCCO)cc1. The van der Waals surface area contributed by atoms with E-state index in [1.54, 1.807) is 0 Å². The van der Waals surface area contributed by atoms with Gasteiger partial charge in [0.2, 0.25) is 10.0 Å². The lowest BCUT2D eigenvalue weighted by Gasteiger charge is -2.32. The Morgan fingerprint density at radius 1 is 1.32 bits per heavy atom. The molecule has 6 nitrogen and oxygen atoms in total. The van der Waals surface area contributed by atoms with Crippen LogP contribution in [0.2, 0.25) is 0 Å². The van der Waals surface area contributed by atoms with Gasteiger partial charge >= 0.3 is 0 Å². The number of aliphatic hydroxyl groups is 1. The molecule has 0 saturated carbocycles. The maximum Gasteiger partial charge on any atom is 0.251 e. The zero-order valence-corrected chi connectivity index (χ0v) is 13.5. The van der Waals surface area contributed by atoms with Gasteiger partial charge in [0.05, 0.1) is 11.5 Å². The molecule has 1 aromatic rings. The Labute approximate surface area is 131 Å².